The van der Waals surface area contributed by atoms with Gasteiger partial charge < -0.3 is 14.5 Å². The molecule has 1 fully saturated rings. The normalized spacial score (nSPS) is 22.0. The molecule has 0 aliphatic carbocycles. The predicted molar refractivity (Wildman–Crippen MR) is 126 cm³/mol. The van der Waals surface area contributed by atoms with Crippen LogP contribution in [0.1, 0.15) is 39.8 Å². The second-order valence-corrected chi connectivity index (χ2v) is 12.5. The molecule has 0 saturated carbocycles. The van der Waals surface area contributed by atoms with Crippen LogP contribution in [-0.2, 0) is 54.4 Å². The molecular weight excluding hydrogens is 611 g/mol. The summed E-state index contributed by atoms with van der Waals surface area (Å²) in [6.45, 7) is 0.0382. The standard InChI is InChI=1S/C25H19F9N2O5S/c1-42(38,39)10-20(37)36-11-21(12-36)18-3-2-13(4-14(18)9-40-21)19-8-22(41-35-19,25(32,33)34)15-5-16(23(26,27)28)7-17(6-15)24(29,30)31/h2-7H,8-12H2,1H3. The van der Waals surface area contributed by atoms with Crippen LogP contribution in [0.2, 0.25) is 0 Å². The number of halogens is 9. The monoisotopic (exact) mass is 630 g/mol. The number of benzene rings is 2. The minimum Gasteiger partial charge on any atom is -0.374 e. The van der Waals surface area contributed by atoms with E-state index >= 15 is 0 Å². The number of hydrogen-bond donors (Lipinski definition) is 0. The smallest absolute Gasteiger partial charge is 0.374 e. The number of nitrogens with zero attached hydrogens (tertiary/aromatic N) is 2. The zero-order valence-electron chi connectivity index (χ0n) is 21.2. The molecule has 3 aliphatic heterocycles. The van der Waals surface area contributed by atoms with E-state index in [9.17, 15) is 52.7 Å². The summed E-state index contributed by atoms with van der Waals surface area (Å²) in [5.41, 5.74) is -9.10. The summed E-state index contributed by atoms with van der Waals surface area (Å²) in [6.07, 6.45) is -16.5. The Bertz CT molecular complexity index is 1560. The van der Waals surface area contributed by atoms with E-state index in [1.165, 1.54) is 23.1 Å². The van der Waals surface area contributed by atoms with Gasteiger partial charge in [0.05, 0.1) is 36.5 Å². The first-order chi connectivity index (χ1) is 19.1. The second kappa shape index (κ2) is 9.33. The predicted octanol–water partition coefficient (Wildman–Crippen LogP) is 4.92. The van der Waals surface area contributed by atoms with Crippen LogP contribution in [-0.4, -0.2) is 56.2 Å². The third-order valence-electron chi connectivity index (χ3n) is 7.30. The van der Waals surface area contributed by atoms with E-state index in [-0.39, 0.29) is 49.2 Å². The summed E-state index contributed by atoms with van der Waals surface area (Å²) < 4.78 is 152. The SMILES string of the molecule is CS(=O)(=O)CC(=O)N1CC2(C1)OCc1cc(C3=NOC(c4cc(C(F)(F)F)cc(C(F)(F)F)c4)(C(F)(F)F)C3)ccc12. The highest BCUT2D eigenvalue weighted by Crippen LogP contribution is 2.51. The Hall–Kier alpha value is -3.34. The molecule has 3 heterocycles. The summed E-state index contributed by atoms with van der Waals surface area (Å²) >= 11 is 0. The van der Waals surface area contributed by atoms with Crippen LogP contribution < -0.4 is 0 Å². The van der Waals surface area contributed by atoms with Crippen LogP contribution in [0.15, 0.2) is 41.6 Å². The highest BCUT2D eigenvalue weighted by atomic mass is 32.2. The third kappa shape index (κ3) is 5.20. The van der Waals surface area contributed by atoms with E-state index in [0.717, 1.165) is 6.26 Å². The fourth-order valence-corrected chi connectivity index (χ4v) is 5.83. The first kappa shape index (κ1) is 30.1. The van der Waals surface area contributed by atoms with Crippen molar-refractivity contribution < 1.29 is 62.3 Å². The Morgan fingerprint density at radius 3 is 2.07 bits per heavy atom. The zero-order valence-corrected chi connectivity index (χ0v) is 22.1. The molecule has 0 N–H and O–H groups in total. The molecule has 1 atom stereocenters. The quantitative estimate of drug-likeness (QED) is 0.448. The number of hydrogen-bond acceptors (Lipinski definition) is 6. The van der Waals surface area contributed by atoms with Gasteiger partial charge in [0.2, 0.25) is 5.91 Å². The van der Waals surface area contributed by atoms with Gasteiger partial charge in [-0.3, -0.25) is 4.79 Å². The number of ether oxygens (including phenoxy) is 1. The van der Waals surface area contributed by atoms with Gasteiger partial charge in [-0.05, 0) is 41.0 Å². The van der Waals surface area contributed by atoms with Crippen molar-refractivity contribution in [2.75, 3.05) is 25.1 Å². The van der Waals surface area contributed by atoms with Gasteiger partial charge in [0.25, 0.3) is 5.60 Å². The van der Waals surface area contributed by atoms with Crippen molar-refractivity contribution in [3.8, 4) is 0 Å². The molecule has 1 spiro atoms. The molecule has 0 bridgehead atoms. The van der Waals surface area contributed by atoms with E-state index in [1.807, 2.05) is 0 Å². The summed E-state index contributed by atoms with van der Waals surface area (Å²) in [4.78, 5) is 18.1. The van der Waals surface area contributed by atoms with E-state index in [4.69, 9.17) is 4.74 Å². The number of rotatable bonds is 4. The average molecular weight is 630 g/mol. The molecule has 1 amide bonds. The number of fused-ring (bicyclic) bond motifs is 2. The largest absolute Gasteiger partial charge is 0.435 e. The van der Waals surface area contributed by atoms with Gasteiger partial charge in [-0.15, -0.1) is 0 Å². The van der Waals surface area contributed by atoms with Gasteiger partial charge in [0, 0.05) is 18.2 Å². The Balaban J connectivity index is 1.43. The number of sulfone groups is 1. The number of likely N-dealkylation sites (tertiary alicyclic amines) is 1. The Morgan fingerprint density at radius 2 is 1.55 bits per heavy atom. The van der Waals surface area contributed by atoms with Crippen LogP contribution >= 0.6 is 0 Å². The number of alkyl halides is 9. The topological polar surface area (TPSA) is 85.3 Å². The summed E-state index contributed by atoms with van der Waals surface area (Å²) in [6, 6.07) is 3.91. The van der Waals surface area contributed by atoms with E-state index < -0.39 is 74.3 Å². The van der Waals surface area contributed by atoms with Crippen LogP contribution in [0.4, 0.5) is 39.5 Å². The van der Waals surface area contributed by atoms with Crippen molar-refractivity contribution in [1.29, 1.82) is 0 Å². The van der Waals surface area contributed by atoms with E-state index in [1.54, 1.807) is 0 Å². The van der Waals surface area contributed by atoms with Crippen LogP contribution in [0, 0.1) is 0 Å². The van der Waals surface area contributed by atoms with Crippen molar-refractivity contribution >= 4 is 21.5 Å². The van der Waals surface area contributed by atoms with Gasteiger partial charge in [0.15, 0.2) is 9.84 Å². The number of oxime groups is 1. The molecule has 228 valence electrons. The molecule has 5 rings (SSSR count). The van der Waals surface area contributed by atoms with Crippen molar-refractivity contribution in [2.45, 2.75) is 42.8 Å². The lowest BCUT2D eigenvalue weighted by molar-refractivity contribution is -0.276. The van der Waals surface area contributed by atoms with Crippen molar-refractivity contribution in [1.82, 2.24) is 4.90 Å². The molecule has 1 unspecified atom stereocenters. The van der Waals surface area contributed by atoms with Gasteiger partial charge in [-0.2, -0.15) is 39.5 Å². The van der Waals surface area contributed by atoms with Crippen LogP contribution in [0.3, 0.4) is 0 Å². The minimum absolute atomic E-state index is 0.0294. The molecule has 2 aromatic rings. The van der Waals surface area contributed by atoms with Gasteiger partial charge >= 0.3 is 18.5 Å². The molecule has 2 aromatic carbocycles. The third-order valence-corrected chi connectivity index (χ3v) is 8.08. The summed E-state index contributed by atoms with van der Waals surface area (Å²) in [5.74, 6) is -1.31. The van der Waals surface area contributed by atoms with Gasteiger partial charge in [-0.1, -0.05) is 17.3 Å². The Kier molecular flexibility index (Phi) is 6.69. The minimum atomic E-state index is -5.47. The maximum absolute atomic E-state index is 14.4. The zero-order chi connectivity index (χ0) is 31.1. The summed E-state index contributed by atoms with van der Waals surface area (Å²) in [7, 11) is -3.56. The molecule has 0 radical (unpaired) electrons. The number of carbonyl (C=O) groups excluding carboxylic acids is 1. The van der Waals surface area contributed by atoms with Gasteiger partial charge in [-0.25, -0.2) is 8.42 Å². The summed E-state index contributed by atoms with van der Waals surface area (Å²) in [5, 5.41) is 3.43. The molecule has 1 saturated heterocycles. The fourth-order valence-electron chi connectivity index (χ4n) is 5.20. The maximum atomic E-state index is 14.4. The molecule has 3 aliphatic rings. The van der Waals surface area contributed by atoms with Crippen LogP contribution in [0.5, 0.6) is 0 Å². The van der Waals surface area contributed by atoms with Crippen LogP contribution in [0.25, 0.3) is 0 Å². The second-order valence-electron chi connectivity index (χ2n) is 10.4. The first-order valence-electron chi connectivity index (χ1n) is 12.0. The van der Waals surface area contributed by atoms with E-state index in [0.29, 0.717) is 11.1 Å². The van der Waals surface area contributed by atoms with Crippen molar-refractivity contribution in [3.05, 3.63) is 69.8 Å². The molecule has 17 heteroatoms. The molecule has 7 nitrogen and oxygen atoms in total. The molecule has 0 aromatic heterocycles. The van der Waals surface area contributed by atoms with Gasteiger partial charge in [0.1, 0.15) is 11.4 Å². The molecule has 42 heavy (non-hydrogen) atoms. The number of amides is 1. The maximum Gasteiger partial charge on any atom is 0.435 e. The van der Waals surface area contributed by atoms with Crippen molar-refractivity contribution in [2.24, 2.45) is 5.16 Å². The lowest BCUT2D eigenvalue weighted by Gasteiger charge is -2.47. The fraction of sp³-hybridized carbons (Fsp3) is 0.440. The Labute approximate surface area is 231 Å². The lowest BCUT2D eigenvalue weighted by atomic mass is 9.82. The lowest BCUT2D eigenvalue weighted by Crippen LogP contribution is -2.62. The Morgan fingerprint density at radius 1 is 0.952 bits per heavy atom. The highest BCUT2D eigenvalue weighted by molar-refractivity contribution is 7.91. The first-order valence-corrected chi connectivity index (χ1v) is 14.0. The number of carbonyl (C=O) groups is 1. The van der Waals surface area contributed by atoms with Crippen molar-refractivity contribution in [3.63, 3.8) is 0 Å². The average Bonchev–Trinajstić information content (AvgIpc) is 3.43. The highest BCUT2D eigenvalue weighted by Gasteiger charge is 2.63. The van der Waals surface area contributed by atoms with E-state index in [2.05, 4.69) is 9.99 Å². The molecular formula is C25H19F9N2O5S.